The molecule has 3 aromatic heterocycles. The number of aromatic nitrogens is 4. The van der Waals surface area contributed by atoms with Crippen molar-refractivity contribution in [1.29, 1.82) is 0 Å². The van der Waals surface area contributed by atoms with E-state index in [1.54, 1.807) is 0 Å². The molecule has 0 spiro atoms. The van der Waals surface area contributed by atoms with Crippen LogP contribution in [0.3, 0.4) is 0 Å². The molecule has 0 radical (unpaired) electrons. The smallest absolute Gasteiger partial charge is 0.166 e. The van der Waals surface area contributed by atoms with Crippen molar-refractivity contribution < 1.29 is 0 Å². The van der Waals surface area contributed by atoms with Crippen molar-refractivity contribution in [2.24, 2.45) is 0 Å². The molecule has 0 fully saturated rings. The van der Waals surface area contributed by atoms with E-state index >= 15 is 0 Å². The summed E-state index contributed by atoms with van der Waals surface area (Å²) in [6.45, 7) is 0. The van der Waals surface area contributed by atoms with Gasteiger partial charge in [-0.05, 0) is 76.1 Å². The van der Waals surface area contributed by atoms with E-state index in [-0.39, 0.29) is 0 Å². The van der Waals surface area contributed by atoms with E-state index in [4.69, 9.17) is 15.0 Å². The van der Waals surface area contributed by atoms with Gasteiger partial charge in [-0.25, -0.2) is 15.0 Å². The van der Waals surface area contributed by atoms with Crippen LogP contribution in [0, 0.1) is 0 Å². The Bertz CT molecular complexity index is 3200. The highest BCUT2D eigenvalue weighted by molar-refractivity contribution is 7.25. The van der Waals surface area contributed by atoms with E-state index < -0.39 is 0 Å². The van der Waals surface area contributed by atoms with Crippen LogP contribution in [0.25, 0.3) is 103 Å². The topological polar surface area (TPSA) is 43.6 Å². The van der Waals surface area contributed by atoms with Crippen molar-refractivity contribution >= 4 is 74.9 Å². The average molecular weight is 681 g/mol. The summed E-state index contributed by atoms with van der Waals surface area (Å²) in [6.07, 6.45) is 0. The Labute approximate surface area is 302 Å². The number of para-hydroxylation sites is 2. The summed E-state index contributed by atoms with van der Waals surface area (Å²) >= 11 is 1.81. The van der Waals surface area contributed by atoms with Gasteiger partial charge in [-0.15, -0.1) is 11.3 Å². The van der Waals surface area contributed by atoms with Gasteiger partial charge in [0, 0.05) is 47.6 Å². The van der Waals surface area contributed by atoms with Gasteiger partial charge >= 0.3 is 0 Å². The molecular formula is C47H28N4S. The molecule has 0 amide bonds. The Balaban J connectivity index is 1.20. The molecule has 0 aliphatic rings. The molecule has 11 aromatic rings. The van der Waals surface area contributed by atoms with Gasteiger partial charge in [-0.2, -0.15) is 0 Å². The van der Waals surface area contributed by atoms with Crippen LogP contribution in [0.4, 0.5) is 0 Å². The highest BCUT2D eigenvalue weighted by Gasteiger charge is 2.20. The molecule has 8 aromatic carbocycles. The predicted molar refractivity (Wildman–Crippen MR) is 218 cm³/mol. The summed E-state index contributed by atoms with van der Waals surface area (Å²) in [5, 5.41) is 9.57. The molecular weight excluding hydrogens is 653 g/mol. The van der Waals surface area contributed by atoms with Crippen LogP contribution < -0.4 is 0 Å². The average Bonchev–Trinajstić information content (AvgIpc) is 3.74. The highest BCUT2D eigenvalue weighted by Crippen LogP contribution is 2.40. The fraction of sp³-hybridized carbons (Fsp3) is 0. The molecule has 0 bridgehead atoms. The minimum absolute atomic E-state index is 0.630. The summed E-state index contributed by atoms with van der Waals surface area (Å²) in [6, 6.07) is 60.3. The first kappa shape index (κ1) is 29.1. The van der Waals surface area contributed by atoms with E-state index in [0.717, 1.165) is 44.2 Å². The summed E-state index contributed by atoms with van der Waals surface area (Å²) < 4.78 is 4.89. The molecule has 3 heterocycles. The Morgan fingerprint density at radius 3 is 1.87 bits per heavy atom. The van der Waals surface area contributed by atoms with Crippen molar-refractivity contribution in [3.63, 3.8) is 0 Å². The Kier molecular flexibility index (Phi) is 6.39. The zero-order valence-corrected chi connectivity index (χ0v) is 28.7. The quantitative estimate of drug-likeness (QED) is 0.186. The summed E-state index contributed by atoms with van der Waals surface area (Å²) in [5.41, 5.74) is 6.17. The van der Waals surface area contributed by atoms with Crippen LogP contribution in [0.15, 0.2) is 170 Å². The maximum atomic E-state index is 5.30. The Hall–Kier alpha value is -6.69. The number of benzene rings is 8. The lowest BCUT2D eigenvalue weighted by molar-refractivity contribution is 1.07. The van der Waals surface area contributed by atoms with Gasteiger partial charge in [0.15, 0.2) is 17.5 Å². The number of rotatable bonds is 4. The van der Waals surface area contributed by atoms with Gasteiger partial charge in [0.2, 0.25) is 0 Å². The normalized spacial score (nSPS) is 11.8. The maximum absolute atomic E-state index is 5.30. The first-order chi connectivity index (χ1) is 25.8. The minimum Gasteiger partial charge on any atom is -0.308 e. The molecule has 4 nitrogen and oxygen atoms in total. The number of thiophene rings is 1. The predicted octanol–water partition coefficient (Wildman–Crippen LogP) is 12.6. The van der Waals surface area contributed by atoms with Crippen LogP contribution in [0.5, 0.6) is 0 Å². The lowest BCUT2D eigenvalue weighted by atomic mass is 10.0. The molecule has 0 aliphatic carbocycles. The third-order valence-electron chi connectivity index (χ3n) is 10.2. The summed E-state index contributed by atoms with van der Waals surface area (Å²) in [7, 11) is 0. The van der Waals surface area contributed by atoms with E-state index in [0.29, 0.717) is 17.5 Å². The van der Waals surface area contributed by atoms with E-state index in [1.807, 2.05) is 11.3 Å². The van der Waals surface area contributed by atoms with Crippen molar-refractivity contribution in [2.75, 3.05) is 0 Å². The zero-order valence-electron chi connectivity index (χ0n) is 27.9. The van der Waals surface area contributed by atoms with Crippen LogP contribution >= 0.6 is 11.3 Å². The first-order valence-corrected chi connectivity index (χ1v) is 18.3. The number of nitrogens with zero attached hydrogens (tertiary/aromatic N) is 4. The molecule has 0 aliphatic heterocycles. The first-order valence-electron chi connectivity index (χ1n) is 17.4. The number of fused-ring (bicyclic) bond motifs is 8. The van der Waals surface area contributed by atoms with Gasteiger partial charge in [-0.3, -0.25) is 0 Å². The second-order valence-corrected chi connectivity index (χ2v) is 14.3. The van der Waals surface area contributed by atoms with E-state index in [9.17, 15) is 0 Å². The molecule has 11 rings (SSSR count). The molecule has 0 atom stereocenters. The fourth-order valence-corrected chi connectivity index (χ4v) is 8.89. The largest absolute Gasteiger partial charge is 0.308 e. The van der Waals surface area contributed by atoms with Crippen molar-refractivity contribution in [3.05, 3.63) is 170 Å². The monoisotopic (exact) mass is 680 g/mol. The standard InChI is InChI=1S/C47H28N4S/c1-2-14-31-28-42-38(26-30(31)13-1)34-17-5-8-21-40(34)51(42)41-22-9-6-19-37(41)47-49-45(32-24-25-44-39(27-32)35-18-7-10-23-43(35)52-44)48-46(50-47)36-20-11-15-29-12-3-4-16-33(29)36/h1-28H. The third-order valence-corrected chi connectivity index (χ3v) is 11.4. The number of hydrogen-bond donors (Lipinski definition) is 0. The molecule has 5 heteroatoms. The maximum Gasteiger partial charge on any atom is 0.166 e. The van der Waals surface area contributed by atoms with Crippen molar-refractivity contribution in [3.8, 4) is 39.9 Å². The van der Waals surface area contributed by atoms with Gasteiger partial charge in [0.1, 0.15) is 0 Å². The van der Waals surface area contributed by atoms with Crippen molar-refractivity contribution in [2.45, 2.75) is 0 Å². The van der Waals surface area contributed by atoms with E-state index in [2.05, 4.69) is 174 Å². The van der Waals surface area contributed by atoms with E-state index in [1.165, 1.54) is 41.7 Å². The van der Waals surface area contributed by atoms with Crippen LogP contribution in [0.2, 0.25) is 0 Å². The molecule has 52 heavy (non-hydrogen) atoms. The summed E-state index contributed by atoms with van der Waals surface area (Å²) in [4.78, 5) is 15.8. The molecule has 242 valence electrons. The second-order valence-electron chi connectivity index (χ2n) is 13.2. The van der Waals surface area contributed by atoms with Crippen LogP contribution in [-0.2, 0) is 0 Å². The summed E-state index contributed by atoms with van der Waals surface area (Å²) in [5.74, 6) is 1.92. The van der Waals surface area contributed by atoms with Gasteiger partial charge in [0.05, 0.1) is 16.7 Å². The van der Waals surface area contributed by atoms with Gasteiger partial charge in [-0.1, -0.05) is 115 Å². The van der Waals surface area contributed by atoms with Gasteiger partial charge in [0.25, 0.3) is 0 Å². The zero-order chi connectivity index (χ0) is 34.2. The number of hydrogen-bond acceptors (Lipinski definition) is 4. The highest BCUT2D eigenvalue weighted by atomic mass is 32.1. The fourth-order valence-electron chi connectivity index (χ4n) is 7.80. The van der Waals surface area contributed by atoms with Crippen LogP contribution in [0.1, 0.15) is 0 Å². The SMILES string of the molecule is c1ccc(-n2c3ccccc3c3cc4ccccc4cc32)c(-c2nc(-c3ccc4sc5ccccc5c4c3)nc(-c3cccc4ccccc34)n2)c1. The minimum atomic E-state index is 0.630. The van der Waals surface area contributed by atoms with Gasteiger partial charge < -0.3 is 4.57 Å². The van der Waals surface area contributed by atoms with Crippen LogP contribution in [-0.4, -0.2) is 19.5 Å². The third kappa shape index (κ3) is 4.50. The molecule has 0 unspecified atom stereocenters. The Morgan fingerprint density at radius 1 is 0.365 bits per heavy atom. The molecule has 0 saturated heterocycles. The second kappa shape index (κ2) is 11.4. The molecule has 0 N–H and O–H groups in total. The lowest BCUT2D eigenvalue weighted by Crippen LogP contribution is -2.03. The Morgan fingerprint density at radius 2 is 0.981 bits per heavy atom. The lowest BCUT2D eigenvalue weighted by Gasteiger charge is -2.15. The molecule has 0 saturated carbocycles. The van der Waals surface area contributed by atoms with Crippen molar-refractivity contribution in [1.82, 2.24) is 19.5 Å².